The second-order valence-corrected chi connectivity index (χ2v) is 7.81. The fourth-order valence-electron chi connectivity index (χ4n) is 2.34. The Kier molecular flexibility index (Phi) is 9.52. The molecule has 0 unspecified atom stereocenters. The van der Waals surface area contributed by atoms with Gasteiger partial charge in [0.1, 0.15) is 5.75 Å². The highest BCUT2D eigenvalue weighted by molar-refractivity contribution is 7.89. The molecule has 0 radical (unpaired) electrons. The molecule has 0 atom stereocenters. The van der Waals surface area contributed by atoms with Gasteiger partial charge >= 0.3 is 5.97 Å². The molecule has 6 nitrogen and oxygen atoms in total. The summed E-state index contributed by atoms with van der Waals surface area (Å²) in [6.07, 6.45) is 2.07. The van der Waals surface area contributed by atoms with Gasteiger partial charge in [-0.05, 0) is 37.5 Å². The predicted molar refractivity (Wildman–Crippen MR) is 98.2 cm³/mol. The van der Waals surface area contributed by atoms with Crippen LogP contribution in [0, 0.1) is 0 Å². The van der Waals surface area contributed by atoms with E-state index in [-0.39, 0.29) is 24.7 Å². The number of carbonyl (C=O) groups excluding carboxylic acids is 1. The molecule has 142 valence electrons. The third kappa shape index (κ3) is 7.88. The lowest BCUT2D eigenvalue weighted by atomic mass is 10.1. The number of hydrogen-bond donors (Lipinski definition) is 0. The third-order valence-electron chi connectivity index (χ3n) is 3.83. The number of ether oxygens (including phenoxy) is 2. The van der Waals surface area contributed by atoms with Crippen LogP contribution in [0.3, 0.4) is 0 Å². The summed E-state index contributed by atoms with van der Waals surface area (Å²) < 4.78 is 36.5. The molecule has 7 heteroatoms. The van der Waals surface area contributed by atoms with Gasteiger partial charge in [-0.3, -0.25) is 4.79 Å². The minimum Gasteiger partial charge on any atom is -0.497 e. The molecular weight excluding hydrogens is 342 g/mol. The van der Waals surface area contributed by atoms with E-state index >= 15 is 0 Å². The first kappa shape index (κ1) is 21.4. The number of esters is 1. The smallest absolute Gasteiger partial charge is 0.307 e. The molecule has 0 heterocycles. The van der Waals surface area contributed by atoms with E-state index in [0.717, 1.165) is 17.7 Å². The van der Waals surface area contributed by atoms with Crippen LogP contribution < -0.4 is 4.74 Å². The first-order valence-corrected chi connectivity index (χ1v) is 10.3. The Balaban J connectivity index is 2.73. The van der Waals surface area contributed by atoms with E-state index in [2.05, 4.69) is 0 Å². The van der Waals surface area contributed by atoms with Gasteiger partial charge in [-0.25, -0.2) is 12.7 Å². The van der Waals surface area contributed by atoms with Crippen LogP contribution in [0.4, 0.5) is 0 Å². The van der Waals surface area contributed by atoms with Crippen molar-refractivity contribution < 1.29 is 22.7 Å². The zero-order valence-corrected chi connectivity index (χ0v) is 16.2. The maximum absolute atomic E-state index is 12.5. The van der Waals surface area contributed by atoms with Gasteiger partial charge in [-0.15, -0.1) is 0 Å². The minimum absolute atomic E-state index is 0.0712. The molecule has 25 heavy (non-hydrogen) atoms. The zero-order chi connectivity index (χ0) is 18.7. The molecule has 1 rings (SSSR count). The van der Waals surface area contributed by atoms with Crippen molar-refractivity contribution in [1.29, 1.82) is 0 Å². The summed E-state index contributed by atoms with van der Waals surface area (Å²) >= 11 is 0. The fraction of sp³-hybridized carbons (Fsp3) is 0.611. The van der Waals surface area contributed by atoms with E-state index in [9.17, 15) is 13.2 Å². The van der Waals surface area contributed by atoms with Gasteiger partial charge in [-0.1, -0.05) is 25.5 Å². The van der Waals surface area contributed by atoms with E-state index < -0.39 is 10.0 Å². The molecule has 0 aromatic heterocycles. The Morgan fingerprint density at radius 2 is 1.80 bits per heavy atom. The largest absolute Gasteiger partial charge is 0.497 e. The summed E-state index contributed by atoms with van der Waals surface area (Å²) in [5, 5.41) is 0. The Bertz CT molecular complexity index is 613. The van der Waals surface area contributed by atoms with Crippen LogP contribution in [-0.2, 0) is 26.0 Å². The number of hydrogen-bond acceptors (Lipinski definition) is 5. The summed E-state index contributed by atoms with van der Waals surface area (Å²) in [5.74, 6) is 0.496. The molecule has 1 aromatic carbocycles. The van der Waals surface area contributed by atoms with Crippen molar-refractivity contribution in [1.82, 2.24) is 4.31 Å². The van der Waals surface area contributed by atoms with Crippen molar-refractivity contribution in [3.05, 3.63) is 29.8 Å². The summed E-state index contributed by atoms with van der Waals surface area (Å²) in [4.78, 5) is 11.6. The van der Waals surface area contributed by atoms with Gasteiger partial charge in [0.05, 0.1) is 25.9 Å². The highest BCUT2D eigenvalue weighted by atomic mass is 32.2. The summed E-state index contributed by atoms with van der Waals surface area (Å²) in [6, 6.07) is 7.54. The quantitative estimate of drug-likeness (QED) is 0.528. The normalized spacial score (nSPS) is 11.5. The van der Waals surface area contributed by atoms with E-state index in [4.69, 9.17) is 9.47 Å². The lowest BCUT2D eigenvalue weighted by molar-refractivity contribution is -0.143. The number of benzene rings is 1. The van der Waals surface area contributed by atoms with Crippen molar-refractivity contribution in [3.8, 4) is 5.75 Å². The van der Waals surface area contributed by atoms with E-state index in [1.807, 2.05) is 31.2 Å². The molecule has 0 amide bonds. The number of nitrogens with zero attached hydrogens (tertiary/aromatic N) is 1. The Hall–Kier alpha value is -1.60. The van der Waals surface area contributed by atoms with Crippen LogP contribution in [-0.4, -0.2) is 51.3 Å². The summed E-state index contributed by atoms with van der Waals surface area (Å²) in [7, 11) is -1.77. The third-order valence-corrected chi connectivity index (χ3v) is 5.79. The Morgan fingerprint density at radius 1 is 1.12 bits per heavy atom. The topological polar surface area (TPSA) is 72.9 Å². The molecule has 0 aliphatic rings. The molecule has 0 aliphatic carbocycles. The molecular formula is C18H29NO5S. The lowest BCUT2D eigenvalue weighted by Crippen LogP contribution is -2.36. The second kappa shape index (κ2) is 11.1. The number of carbonyl (C=O) groups is 1. The van der Waals surface area contributed by atoms with Gasteiger partial charge in [-0.2, -0.15) is 0 Å². The second-order valence-electron chi connectivity index (χ2n) is 5.72. The monoisotopic (exact) mass is 371 g/mol. The molecule has 0 saturated heterocycles. The van der Waals surface area contributed by atoms with E-state index in [1.54, 1.807) is 14.0 Å². The predicted octanol–water partition coefficient (Wildman–Crippen LogP) is 2.62. The van der Waals surface area contributed by atoms with Gasteiger partial charge in [0, 0.05) is 13.1 Å². The lowest BCUT2D eigenvalue weighted by Gasteiger charge is -2.22. The number of methoxy groups -OCH3 is 1. The molecule has 1 aromatic rings. The first-order valence-electron chi connectivity index (χ1n) is 8.69. The fourth-order valence-corrected chi connectivity index (χ4v) is 3.99. The molecule has 0 N–H and O–H groups in total. The Labute approximate surface area is 151 Å². The average Bonchev–Trinajstić information content (AvgIpc) is 2.60. The standard InChI is InChI=1S/C18H29NO5S/c1-4-6-15-25(21,22)19(14-12-18(20)24-5-2)13-11-16-7-9-17(23-3)10-8-16/h7-10H,4-6,11-15H2,1-3H3. The van der Waals surface area contributed by atoms with E-state index in [0.29, 0.717) is 26.0 Å². The molecule has 0 spiro atoms. The van der Waals surface area contributed by atoms with E-state index in [1.165, 1.54) is 4.31 Å². The van der Waals surface area contributed by atoms with Crippen LogP contribution in [0.15, 0.2) is 24.3 Å². The SMILES string of the molecule is CCCCS(=O)(=O)N(CCC(=O)OCC)CCc1ccc(OC)cc1. The average molecular weight is 371 g/mol. The molecule has 0 aliphatic heterocycles. The first-order chi connectivity index (χ1) is 11.9. The van der Waals surface area contributed by atoms with Crippen molar-refractivity contribution in [2.75, 3.05) is 32.6 Å². The Morgan fingerprint density at radius 3 is 2.36 bits per heavy atom. The van der Waals surface area contributed by atoms with Crippen LogP contribution in [0.1, 0.15) is 38.7 Å². The van der Waals surface area contributed by atoms with Crippen LogP contribution in [0.5, 0.6) is 5.75 Å². The van der Waals surface area contributed by atoms with Gasteiger partial charge in [0.25, 0.3) is 0 Å². The maximum atomic E-state index is 12.5. The van der Waals surface area contributed by atoms with Crippen molar-refractivity contribution in [2.45, 2.75) is 39.5 Å². The maximum Gasteiger partial charge on any atom is 0.307 e. The van der Waals surface area contributed by atoms with Gasteiger partial charge in [0.2, 0.25) is 10.0 Å². The number of unbranched alkanes of at least 4 members (excludes halogenated alkanes) is 1. The van der Waals surface area contributed by atoms with Crippen molar-refractivity contribution in [3.63, 3.8) is 0 Å². The zero-order valence-electron chi connectivity index (χ0n) is 15.4. The van der Waals surface area contributed by atoms with Crippen LogP contribution in [0.25, 0.3) is 0 Å². The van der Waals surface area contributed by atoms with Crippen molar-refractivity contribution in [2.24, 2.45) is 0 Å². The molecule has 0 bridgehead atoms. The highest BCUT2D eigenvalue weighted by Crippen LogP contribution is 2.14. The summed E-state index contributed by atoms with van der Waals surface area (Å²) in [5.41, 5.74) is 1.02. The van der Waals surface area contributed by atoms with Crippen LogP contribution in [0.2, 0.25) is 0 Å². The summed E-state index contributed by atoms with van der Waals surface area (Å²) in [6.45, 7) is 4.49. The highest BCUT2D eigenvalue weighted by Gasteiger charge is 2.22. The molecule has 0 saturated carbocycles. The molecule has 0 fully saturated rings. The van der Waals surface area contributed by atoms with Crippen LogP contribution >= 0.6 is 0 Å². The number of sulfonamides is 1. The number of rotatable bonds is 12. The minimum atomic E-state index is -3.38. The van der Waals surface area contributed by atoms with Gasteiger partial charge < -0.3 is 9.47 Å². The van der Waals surface area contributed by atoms with Gasteiger partial charge in [0.15, 0.2) is 0 Å². The van der Waals surface area contributed by atoms with Crippen molar-refractivity contribution >= 4 is 16.0 Å².